The molecule has 0 aliphatic carbocycles. The molecule has 1 aromatic heterocycles. The average molecular weight is 331 g/mol. The van der Waals surface area contributed by atoms with E-state index in [2.05, 4.69) is 10.1 Å². The lowest BCUT2D eigenvalue weighted by Gasteiger charge is -2.10. The molecule has 21 heavy (non-hydrogen) atoms. The first kappa shape index (κ1) is 15.8. The van der Waals surface area contributed by atoms with E-state index < -0.39 is 9.05 Å². The molecule has 0 bridgehead atoms. The Morgan fingerprint density at radius 3 is 2.43 bits per heavy atom. The van der Waals surface area contributed by atoms with Gasteiger partial charge in [0, 0.05) is 16.1 Å². The van der Waals surface area contributed by atoms with Gasteiger partial charge < -0.3 is 9.26 Å². The fourth-order valence-corrected chi connectivity index (χ4v) is 2.43. The van der Waals surface area contributed by atoms with Gasteiger partial charge in [-0.05, 0) is 18.2 Å². The van der Waals surface area contributed by atoms with Crippen LogP contribution in [0.2, 0.25) is 0 Å². The summed E-state index contributed by atoms with van der Waals surface area (Å²) < 4.78 is 33.3. The van der Waals surface area contributed by atoms with Gasteiger partial charge in [0.2, 0.25) is 11.7 Å². The standard InChI is InChI=1S/C13H15ClN2O4S/c1-13(2,3)12-15-11(16-20-12)9-7-8(21(14,17)18)5-6-10(9)19-4/h5-7H,1-4H3. The first-order valence-corrected chi connectivity index (χ1v) is 8.41. The van der Waals surface area contributed by atoms with Gasteiger partial charge in [-0.15, -0.1) is 0 Å². The minimum Gasteiger partial charge on any atom is -0.496 e. The molecule has 0 unspecified atom stereocenters. The molecule has 114 valence electrons. The molecule has 1 heterocycles. The van der Waals surface area contributed by atoms with Crippen LogP contribution in [0.1, 0.15) is 26.7 Å². The van der Waals surface area contributed by atoms with E-state index in [4.69, 9.17) is 19.9 Å². The number of rotatable bonds is 3. The van der Waals surface area contributed by atoms with Gasteiger partial charge >= 0.3 is 0 Å². The van der Waals surface area contributed by atoms with Crippen molar-refractivity contribution in [3.63, 3.8) is 0 Å². The monoisotopic (exact) mass is 330 g/mol. The molecule has 0 N–H and O–H groups in total. The predicted octanol–water partition coefficient (Wildman–Crippen LogP) is 2.97. The van der Waals surface area contributed by atoms with E-state index in [0.717, 1.165) is 0 Å². The highest BCUT2D eigenvalue weighted by Crippen LogP contribution is 2.32. The van der Waals surface area contributed by atoms with Crippen molar-refractivity contribution >= 4 is 19.7 Å². The number of nitrogens with zero attached hydrogens (tertiary/aromatic N) is 2. The van der Waals surface area contributed by atoms with Crippen molar-refractivity contribution in [3.8, 4) is 17.1 Å². The Bertz CT molecular complexity index is 763. The van der Waals surface area contributed by atoms with Crippen LogP contribution in [0.4, 0.5) is 0 Å². The first-order valence-electron chi connectivity index (χ1n) is 6.10. The third kappa shape index (κ3) is 3.36. The van der Waals surface area contributed by atoms with E-state index in [1.807, 2.05) is 20.8 Å². The fourth-order valence-electron chi connectivity index (χ4n) is 1.65. The van der Waals surface area contributed by atoms with Gasteiger partial charge in [-0.25, -0.2) is 8.42 Å². The molecule has 0 atom stereocenters. The number of hydrogen-bond acceptors (Lipinski definition) is 6. The molecule has 2 rings (SSSR count). The van der Waals surface area contributed by atoms with Gasteiger partial charge in [0.15, 0.2) is 0 Å². The Morgan fingerprint density at radius 1 is 1.29 bits per heavy atom. The second kappa shape index (κ2) is 5.31. The van der Waals surface area contributed by atoms with Crippen LogP contribution in [0, 0.1) is 0 Å². The maximum absolute atomic E-state index is 11.4. The summed E-state index contributed by atoms with van der Waals surface area (Å²) in [5, 5.41) is 3.88. The van der Waals surface area contributed by atoms with Crippen molar-refractivity contribution in [1.29, 1.82) is 0 Å². The van der Waals surface area contributed by atoms with E-state index in [9.17, 15) is 8.42 Å². The van der Waals surface area contributed by atoms with E-state index in [-0.39, 0.29) is 16.1 Å². The Hall–Kier alpha value is -1.60. The number of halogens is 1. The molecule has 6 nitrogen and oxygen atoms in total. The second-order valence-corrected chi connectivity index (χ2v) is 8.04. The number of methoxy groups -OCH3 is 1. The molecular weight excluding hydrogens is 316 g/mol. The summed E-state index contributed by atoms with van der Waals surface area (Å²) in [5.74, 6) is 1.12. The summed E-state index contributed by atoms with van der Waals surface area (Å²) in [5.41, 5.74) is 0.0905. The van der Waals surface area contributed by atoms with Crippen LogP contribution in [0.15, 0.2) is 27.6 Å². The Morgan fingerprint density at radius 2 is 1.95 bits per heavy atom. The number of benzene rings is 1. The minimum absolute atomic E-state index is 0.0536. The van der Waals surface area contributed by atoms with Gasteiger partial charge in [-0.1, -0.05) is 25.9 Å². The Balaban J connectivity index is 2.59. The predicted molar refractivity (Wildman–Crippen MR) is 78.0 cm³/mol. The molecule has 0 amide bonds. The van der Waals surface area contributed by atoms with Crippen LogP contribution in [-0.2, 0) is 14.5 Å². The molecule has 0 saturated carbocycles. The molecule has 0 radical (unpaired) electrons. The highest BCUT2D eigenvalue weighted by molar-refractivity contribution is 8.13. The third-order valence-corrected chi connectivity index (χ3v) is 4.11. The lowest BCUT2D eigenvalue weighted by molar-refractivity contribution is 0.321. The zero-order valence-corrected chi connectivity index (χ0v) is 13.6. The molecule has 0 saturated heterocycles. The molecule has 2 aromatic rings. The van der Waals surface area contributed by atoms with Crippen molar-refractivity contribution in [1.82, 2.24) is 10.1 Å². The topological polar surface area (TPSA) is 82.3 Å². The second-order valence-electron chi connectivity index (χ2n) is 5.47. The average Bonchev–Trinajstić information content (AvgIpc) is 2.86. The quantitative estimate of drug-likeness (QED) is 0.805. The largest absolute Gasteiger partial charge is 0.496 e. The fraction of sp³-hybridized carbons (Fsp3) is 0.385. The Labute approximate surface area is 127 Å². The van der Waals surface area contributed by atoms with Gasteiger partial charge in [-0.2, -0.15) is 4.98 Å². The lowest BCUT2D eigenvalue weighted by Crippen LogP contribution is -2.11. The highest BCUT2D eigenvalue weighted by Gasteiger charge is 2.24. The van der Waals surface area contributed by atoms with Gasteiger partial charge in [-0.3, -0.25) is 0 Å². The smallest absolute Gasteiger partial charge is 0.261 e. The van der Waals surface area contributed by atoms with Crippen molar-refractivity contribution in [3.05, 3.63) is 24.1 Å². The van der Waals surface area contributed by atoms with Crippen LogP contribution in [-0.4, -0.2) is 25.7 Å². The summed E-state index contributed by atoms with van der Waals surface area (Å²) >= 11 is 0. The Kier molecular flexibility index (Phi) is 3.99. The van der Waals surface area contributed by atoms with Gasteiger partial charge in [0.05, 0.1) is 17.6 Å². The van der Waals surface area contributed by atoms with Crippen LogP contribution < -0.4 is 4.74 Å². The van der Waals surface area contributed by atoms with Gasteiger partial charge in [0.25, 0.3) is 9.05 Å². The van der Waals surface area contributed by atoms with Crippen molar-refractivity contribution in [2.24, 2.45) is 0 Å². The molecule has 8 heteroatoms. The number of aromatic nitrogens is 2. The van der Waals surface area contributed by atoms with Crippen LogP contribution in [0.3, 0.4) is 0 Å². The van der Waals surface area contributed by atoms with E-state index in [0.29, 0.717) is 17.2 Å². The zero-order chi connectivity index (χ0) is 15.8. The highest BCUT2D eigenvalue weighted by atomic mass is 35.7. The molecule has 0 aliphatic heterocycles. The summed E-state index contributed by atoms with van der Waals surface area (Å²) in [6.45, 7) is 5.80. The number of hydrogen-bond donors (Lipinski definition) is 0. The maximum Gasteiger partial charge on any atom is 0.261 e. The van der Waals surface area contributed by atoms with E-state index >= 15 is 0 Å². The third-order valence-electron chi connectivity index (χ3n) is 2.76. The van der Waals surface area contributed by atoms with Crippen LogP contribution in [0.5, 0.6) is 5.75 Å². The normalized spacial score (nSPS) is 12.4. The SMILES string of the molecule is COc1ccc(S(=O)(=O)Cl)cc1-c1noc(C(C)(C)C)n1. The van der Waals surface area contributed by atoms with Crippen molar-refractivity contribution in [2.45, 2.75) is 31.1 Å². The molecule has 0 fully saturated rings. The zero-order valence-electron chi connectivity index (χ0n) is 12.0. The molecule has 0 aliphatic rings. The minimum atomic E-state index is -3.85. The maximum atomic E-state index is 11.4. The number of ether oxygens (including phenoxy) is 1. The van der Waals surface area contributed by atoms with E-state index in [1.165, 1.54) is 25.3 Å². The molecule has 1 aromatic carbocycles. The van der Waals surface area contributed by atoms with Crippen LogP contribution in [0.25, 0.3) is 11.4 Å². The lowest BCUT2D eigenvalue weighted by atomic mass is 9.97. The van der Waals surface area contributed by atoms with Crippen LogP contribution >= 0.6 is 10.7 Å². The summed E-state index contributed by atoms with van der Waals surface area (Å²) in [6.07, 6.45) is 0. The summed E-state index contributed by atoms with van der Waals surface area (Å²) in [6, 6.07) is 4.21. The first-order chi connectivity index (χ1) is 9.63. The van der Waals surface area contributed by atoms with Crippen molar-refractivity contribution < 1.29 is 17.7 Å². The van der Waals surface area contributed by atoms with Gasteiger partial charge in [0.1, 0.15) is 5.75 Å². The summed E-state index contributed by atoms with van der Waals surface area (Å²) in [4.78, 5) is 4.23. The van der Waals surface area contributed by atoms with Crippen molar-refractivity contribution in [2.75, 3.05) is 7.11 Å². The van der Waals surface area contributed by atoms with E-state index in [1.54, 1.807) is 0 Å². The molecular formula is C13H15ClN2O4S. The summed E-state index contributed by atoms with van der Waals surface area (Å²) in [7, 11) is 2.98. The molecule has 0 spiro atoms.